The number of fused-ring (bicyclic) bond motifs is 1. The van der Waals surface area contributed by atoms with E-state index in [0.717, 1.165) is 5.56 Å². The molecule has 0 unspecified atom stereocenters. The normalized spacial score (nSPS) is 11.3. The Balaban J connectivity index is 1.61. The summed E-state index contributed by atoms with van der Waals surface area (Å²) in [4.78, 5) is 21.2. The van der Waals surface area contributed by atoms with Crippen LogP contribution in [0.5, 0.6) is 0 Å². The van der Waals surface area contributed by atoms with E-state index in [1.54, 1.807) is 11.7 Å². The molecule has 0 bridgehead atoms. The van der Waals surface area contributed by atoms with Gasteiger partial charge >= 0.3 is 0 Å². The first-order valence-electron chi connectivity index (χ1n) is 7.55. The van der Waals surface area contributed by atoms with Gasteiger partial charge in [-0.25, -0.2) is 9.67 Å². The summed E-state index contributed by atoms with van der Waals surface area (Å²) in [6.45, 7) is 0.158. The Morgan fingerprint density at radius 3 is 2.84 bits per heavy atom. The summed E-state index contributed by atoms with van der Waals surface area (Å²) >= 11 is 3.29. The smallest absolute Gasteiger partial charge is 0.266 e. The molecule has 25 heavy (non-hydrogen) atoms. The van der Waals surface area contributed by atoms with Gasteiger partial charge in [-0.2, -0.15) is 10.1 Å². The Morgan fingerprint density at radius 1 is 1.24 bits per heavy atom. The van der Waals surface area contributed by atoms with E-state index >= 15 is 0 Å². The second-order valence-electron chi connectivity index (χ2n) is 5.56. The van der Waals surface area contributed by atoms with Gasteiger partial charge in [-0.05, 0) is 21.5 Å². The van der Waals surface area contributed by atoms with Gasteiger partial charge in [0.2, 0.25) is 5.89 Å². The van der Waals surface area contributed by atoms with Crippen LogP contribution in [0, 0.1) is 0 Å². The largest absolute Gasteiger partial charge is 0.337 e. The zero-order valence-corrected chi connectivity index (χ0v) is 14.8. The average Bonchev–Trinajstić information content (AvgIpc) is 3.15. The Bertz CT molecular complexity index is 1100. The molecule has 8 nitrogen and oxygen atoms in total. The Morgan fingerprint density at radius 2 is 2.04 bits per heavy atom. The van der Waals surface area contributed by atoms with Crippen molar-refractivity contribution in [2.45, 2.75) is 13.0 Å². The van der Waals surface area contributed by atoms with Crippen molar-refractivity contribution in [2.24, 2.45) is 7.05 Å². The molecule has 3 heterocycles. The summed E-state index contributed by atoms with van der Waals surface area (Å²) in [7, 11) is 1.73. The van der Waals surface area contributed by atoms with E-state index in [1.165, 1.54) is 10.9 Å². The molecular formula is C16H13BrN6O2. The molecule has 0 saturated heterocycles. The molecule has 0 fully saturated rings. The van der Waals surface area contributed by atoms with Crippen LogP contribution in [0.1, 0.15) is 17.3 Å². The van der Waals surface area contributed by atoms with Crippen LogP contribution in [0.3, 0.4) is 0 Å². The van der Waals surface area contributed by atoms with E-state index < -0.39 is 0 Å². The minimum atomic E-state index is -0.215. The summed E-state index contributed by atoms with van der Waals surface area (Å²) in [6.07, 6.45) is 2.03. The lowest BCUT2D eigenvalue weighted by Crippen LogP contribution is -2.21. The van der Waals surface area contributed by atoms with E-state index in [0.29, 0.717) is 33.8 Å². The number of halogens is 1. The molecule has 126 valence electrons. The second-order valence-corrected chi connectivity index (χ2v) is 6.31. The zero-order chi connectivity index (χ0) is 17.4. The van der Waals surface area contributed by atoms with Crippen LogP contribution in [0.2, 0.25) is 0 Å². The molecule has 0 atom stereocenters. The topological polar surface area (TPSA) is 91.6 Å². The summed E-state index contributed by atoms with van der Waals surface area (Å²) in [5, 5.41) is 8.55. The molecule has 0 aliphatic carbocycles. The number of aromatic nitrogens is 6. The van der Waals surface area contributed by atoms with Crippen LogP contribution in [-0.2, 0) is 20.0 Å². The third kappa shape index (κ3) is 2.98. The average molecular weight is 401 g/mol. The lowest BCUT2D eigenvalue weighted by molar-refractivity contribution is 0.365. The molecule has 0 saturated carbocycles. The Kier molecular flexibility index (Phi) is 3.92. The quantitative estimate of drug-likeness (QED) is 0.519. The minimum absolute atomic E-state index is 0.158. The molecule has 0 aliphatic rings. The van der Waals surface area contributed by atoms with Gasteiger partial charge in [0.25, 0.3) is 5.56 Å². The van der Waals surface area contributed by atoms with Crippen LogP contribution in [0.15, 0.2) is 50.6 Å². The van der Waals surface area contributed by atoms with Crippen molar-refractivity contribution in [3.63, 3.8) is 0 Å². The van der Waals surface area contributed by atoms with E-state index in [9.17, 15) is 4.79 Å². The second kappa shape index (κ2) is 6.25. The molecule has 3 aromatic heterocycles. The van der Waals surface area contributed by atoms with Crippen molar-refractivity contribution >= 4 is 27.0 Å². The minimum Gasteiger partial charge on any atom is -0.337 e. The van der Waals surface area contributed by atoms with Crippen LogP contribution < -0.4 is 5.56 Å². The molecule has 0 spiro atoms. The fourth-order valence-electron chi connectivity index (χ4n) is 2.60. The van der Waals surface area contributed by atoms with Crippen molar-refractivity contribution in [1.82, 2.24) is 29.5 Å². The summed E-state index contributed by atoms with van der Waals surface area (Å²) in [5.74, 6) is 0.931. The van der Waals surface area contributed by atoms with Gasteiger partial charge in [0, 0.05) is 13.5 Å². The molecule has 0 aliphatic heterocycles. The predicted molar refractivity (Wildman–Crippen MR) is 93.1 cm³/mol. The molecule has 0 amide bonds. The number of rotatable bonds is 4. The third-order valence-corrected chi connectivity index (χ3v) is 4.34. The standard InChI is InChI=1S/C16H13BrN6O2/c1-22-15-13(14(17)20-22)16(24)23(9-18-15)8-12-19-11(21-25-12)7-10-5-3-2-4-6-10/h2-6,9H,7-8H2,1H3. The molecule has 9 heteroatoms. The number of hydrogen-bond acceptors (Lipinski definition) is 6. The maximum Gasteiger partial charge on any atom is 0.266 e. The van der Waals surface area contributed by atoms with Gasteiger partial charge in [0.1, 0.15) is 22.9 Å². The summed E-state index contributed by atoms with van der Waals surface area (Å²) in [5.41, 5.74) is 1.39. The highest BCUT2D eigenvalue weighted by Crippen LogP contribution is 2.17. The van der Waals surface area contributed by atoms with Crippen LogP contribution >= 0.6 is 15.9 Å². The zero-order valence-electron chi connectivity index (χ0n) is 13.3. The first-order chi connectivity index (χ1) is 12.1. The van der Waals surface area contributed by atoms with Gasteiger partial charge in [-0.1, -0.05) is 35.5 Å². The van der Waals surface area contributed by atoms with Crippen LogP contribution in [-0.4, -0.2) is 29.5 Å². The lowest BCUT2D eigenvalue weighted by atomic mass is 10.1. The first kappa shape index (κ1) is 15.7. The van der Waals surface area contributed by atoms with Crippen molar-refractivity contribution in [3.8, 4) is 0 Å². The predicted octanol–water partition coefficient (Wildman–Crippen LogP) is 1.91. The van der Waals surface area contributed by atoms with E-state index in [1.807, 2.05) is 30.3 Å². The van der Waals surface area contributed by atoms with Gasteiger partial charge in [-0.15, -0.1) is 0 Å². The highest BCUT2D eigenvalue weighted by Gasteiger charge is 2.15. The maximum absolute atomic E-state index is 12.6. The molecule has 0 radical (unpaired) electrons. The highest BCUT2D eigenvalue weighted by molar-refractivity contribution is 9.10. The van der Waals surface area contributed by atoms with E-state index in [-0.39, 0.29) is 12.1 Å². The summed E-state index contributed by atoms with van der Waals surface area (Å²) in [6, 6.07) is 9.87. The summed E-state index contributed by atoms with van der Waals surface area (Å²) < 4.78 is 8.70. The molecule has 4 aromatic rings. The first-order valence-corrected chi connectivity index (χ1v) is 8.34. The van der Waals surface area contributed by atoms with Crippen molar-refractivity contribution in [1.29, 1.82) is 0 Å². The van der Waals surface area contributed by atoms with Gasteiger partial charge in [-0.3, -0.25) is 9.36 Å². The number of hydrogen-bond donors (Lipinski definition) is 0. The molecule has 0 N–H and O–H groups in total. The van der Waals surface area contributed by atoms with Crippen LogP contribution in [0.25, 0.3) is 11.0 Å². The SMILES string of the molecule is Cn1nc(Br)c2c(=O)n(Cc3nc(Cc4ccccc4)no3)cnc21. The number of aryl methyl sites for hydroxylation is 1. The maximum atomic E-state index is 12.6. The van der Waals surface area contributed by atoms with Crippen LogP contribution in [0.4, 0.5) is 0 Å². The van der Waals surface area contributed by atoms with Crippen molar-refractivity contribution in [2.75, 3.05) is 0 Å². The number of nitrogens with zero attached hydrogens (tertiary/aromatic N) is 6. The third-order valence-electron chi connectivity index (χ3n) is 3.79. The number of benzene rings is 1. The fraction of sp³-hybridized carbons (Fsp3) is 0.188. The molecule has 1 aromatic carbocycles. The van der Waals surface area contributed by atoms with E-state index in [2.05, 4.69) is 36.2 Å². The lowest BCUT2D eigenvalue weighted by Gasteiger charge is -2.01. The highest BCUT2D eigenvalue weighted by atomic mass is 79.9. The van der Waals surface area contributed by atoms with E-state index in [4.69, 9.17) is 4.52 Å². The van der Waals surface area contributed by atoms with Gasteiger partial charge < -0.3 is 4.52 Å². The molecular weight excluding hydrogens is 388 g/mol. The Labute approximate surface area is 150 Å². The van der Waals surface area contributed by atoms with Crippen molar-refractivity contribution < 1.29 is 4.52 Å². The monoisotopic (exact) mass is 400 g/mol. The van der Waals surface area contributed by atoms with Gasteiger partial charge in [0.15, 0.2) is 11.5 Å². The Hall–Kier alpha value is -2.81. The van der Waals surface area contributed by atoms with Gasteiger partial charge in [0.05, 0.1) is 0 Å². The van der Waals surface area contributed by atoms with Crippen molar-refractivity contribution in [3.05, 3.63) is 68.9 Å². The fourth-order valence-corrected chi connectivity index (χ4v) is 3.18. The molecule has 4 rings (SSSR count).